The summed E-state index contributed by atoms with van der Waals surface area (Å²) in [6, 6.07) is 60.4. The quantitative estimate of drug-likeness (QED) is 0.137. The van der Waals surface area contributed by atoms with Crippen LogP contribution in [-0.4, -0.2) is 9.97 Å². The summed E-state index contributed by atoms with van der Waals surface area (Å²) in [5, 5.41) is 11.2. The molecule has 1 aromatic heterocycles. The van der Waals surface area contributed by atoms with Gasteiger partial charge >= 0.3 is 0 Å². The van der Waals surface area contributed by atoms with Crippen LogP contribution in [0.2, 0.25) is 0 Å². The highest BCUT2D eigenvalue weighted by Crippen LogP contribution is 2.48. The molecule has 0 radical (unpaired) electrons. The van der Waals surface area contributed by atoms with Crippen molar-refractivity contribution in [1.82, 2.24) is 9.97 Å². The van der Waals surface area contributed by atoms with Gasteiger partial charge in [-0.25, -0.2) is 9.97 Å². The zero-order valence-corrected chi connectivity index (χ0v) is 27.9. The van der Waals surface area contributed by atoms with Crippen LogP contribution in [-0.2, 0) is 4.57 Å². The Balaban J connectivity index is 1.31. The molecule has 0 aliphatic carbocycles. The molecule has 4 heteroatoms. The number of hydrogen-bond acceptors (Lipinski definition) is 3. The van der Waals surface area contributed by atoms with Gasteiger partial charge < -0.3 is 4.57 Å². The van der Waals surface area contributed by atoms with Crippen molar-refractivity contribution in [3.8, 4) is 22.5 Å². The number of nitrogens with zero attached hydrogens (tertiary/aromatic N) is 2. The van der Waals surface area contributed by atoms with Gasteiger partial charge in [0.15, 0.2) is 13.0 Å². The van der Waals surface area contributed by atoms with Gasteiger partial charge in [-0.1, -0.05) is 146 Å². The Bertz CT molecular complexity index is 2890. The number of benzene rings is 9. The molecule has 0 bridgehead atoms. The van der Waals surface area contributed by atoms with E-state index in [2.05, 4.69) is 115 Å². The molecule has 0 amide bonds. The molecule has 0 unspecified atom stereocenters. The van der Waals surface area contributed by atoms with Gasteiger partial charge in [0.05, 0.1) is 11.0 Å². The van der Waals surface area contributed by atoms with E-state index < -0.39 is 7.14 Å². The van der Waals surface area contributed by atoms with Crippen LogP contribution in [0.1, 0.15) is 0 Å². The van der Waals surface area contributed by atoms with Crippen LogP contribution in [0.4, 0.5) is 0 Å². The molecule has 0 saturated heterocycles. The molecule has 0 fully saturated rings. The molecule has 0 atom stereocenters. The molecule has 234 valence electrons. The van der Waals surface area contributed by atoms with Crippen molar-refractivity contribution in [2.24, 2.45) is 0 Å². The highest BCUT2D eigenvalue weighted by atomic mass is 31.2. The Morgan fingerprint density at radius 2 is 0.900 bits per heavy atom. The number of rotatable bonds is 5. The van der Waals surface area contributed by atoms with E-state index >= 15 is 4.57 Å². The molecular weight excluding hydrogens is 627 g/mol. The predicted octanol–water partition coefficient (Wildman–Crippen LogP) is 10.7. The summed E-state index contributed by atoms with van der Waals surface area (Å²) in [5.41, 5.74) is 4.83. The fourth-order valence-corrected chi connectivity index (χ4v) is 10.5. The third-order valence-corrected chi connectivity index (χ3v) is 13.2. The van der Waals surface area contributed by atoms with Gasteiger partial charge in [0.1, 0.15) is 0 Å². The van der Waals surface area contributed by atoms with E-state index in [1.54, 1.807) is 0 Å². The van der Waals surface area contributed by atoms with E-state index in [-0.39, 0.29) is 0 Å². The van der Waals surface area contributed by atoms with Gasteiger partial charge in [0, 0.05) is 32.2 Å². The van der Waals surface area contributed by atoms with Crippen LogP contribution in [0.15, 0.2) is 176 Å². The predicted molar refractivity (Wildman–Crippen MR) is 211 cm³/mol. The average molecular weight is 657 g/mol. The lowest BCUT2D eigenvalue weighted by molar-refractivity contribution is 0.592. The number of aromatic nitrogens is 2. The molecule has 0 aliphatic rings. The van der Waals surface area contributed by atoms with E-state index in [4.69, 9.17) is 9.97 Å². The Hall–Kier alpha value is -6.15. The molecule has 10 aromatic rings. The van der Waals surface area contributed by atoms with Gasteiger partial charge in [0.25, 0.3) is 0 Å². The van der Waals surface area contributed by atoms with E-state index in [1.165, 1.54) is 10.8 Å². The first-order chi connectivity index (χ1) is 24.6. The second-order valence-corrected chi connectivity index (χ2v) is 15.6. The third kappa shape index (κ3) is 4.41. The molecule has 10 rings (SSSR count). The molecule has 0 aliphatic heterocycles. The molecular formula is C46H29N2OP. The molecule has 3 nitrogen and oxygen atoms in total. The zero-order chi connectivity index (χ0) is 33.2. The van der Waals surface area contributed by atoms with Crippen molar-refractivity contribution in [1.29, 1.82) is 0 Å². The molecule has 50 heavy (non-hydrogen) atoms. The van der Waals surface area contributed by atoms with Gasteiger partial charge in [-0.05, 0) is 73.8 Å². The first kappa shape index (κ1) is 28.8. The maximum Gasteiger partial charge on any atom is 0.171 e. The van der Waals surface area contributed by atoms with Crippen LogP contribution >= 0.6 is 7.14 Å². The average Bonchev–Trinajstić information content (AvgIpc) is 3.19. The first-order valence-electron chi connectivity index (χ1n) is 16.8. The SMILES string of the molecule is O=P(c1ccccc1)(c1ccccc1)c1cc(-c2ccc3ccccc3c2)c2ccc3nc(-c4ccc5ccccc5c4)nc4ccc1c2c34. The fourth-order valence-electron chi connectivity index (χ4n) is 7.65. The summed E-state index contributed by atoms with van der Waals surface area (Å²) in [6.07, 6.45) is 0. The topological polar surface area (TPSA) is 42.9 Å². The van der Waals surface area contributed by atoms with Gasteiger partial charge in [-0.2, -0.15) is 0 Å². The smallest absolute Gasteiger partial charge is 0.171 e. The summed E-state index contributed by atoms with van der Waals surface area (Å²) in [7, 11) is -3.35. The second-order valence-electron chi connectivity index (χ2n) is 12.9. The van der Waals surface area contributed by atoms with Crippen molar-refractivity contribution >= 4 is 77.2 Å². The summed E-state index contributed by atoms with van der Waals surface area (Å²) in [4.78, 5) is 10.4. The summed E-state index contributed by atoms with van der Waals surface area (Å²) >= 11 is 0. The Kier molecular flexibility index (Phi) is 6.46. The lowest BCUT2D eigenvalue weighted by atomic mass is 9.91. The molecule has 0 N–H and O–H groups in total. The van der Waals surface area contributed by atoms with Crippen LogP contribution in [0.5, 0.6) is 0 Å². The second kappa shape index (κ2) is 11.2. The van der Waals surface area contributed by atoms with Gasteiger partial charge in [0.2, 0.25) is 0 Å². The van der Waals surface area contributed by atoms with E-state index in [0.29, 0.717) is 5.82 Å². The summed E-state index contributed by atoms with van der Waals surface area (Å²) in [6.45, 7) is 0. The van der Waals surface area contributed by atoms with Crippen LogP contribution < -0.4 is 15.9 Å². The largest absolute Gasteiger partial charge is 0.309 e. The van der Waals surface area contributed by atoms with Gasteiger partial charge in [-0.15, -0.1) is 0 Å². The lowest BCUT2D eigenvalue weighted by Crippen LogP contribution is -2.26. The van der Waals surface area contributed by atoms with Crippen LogP contribution in [0.25, 0.3) is 76.6 Å². The molecule has 0 spiro atoms. The van der Waals surface area contributed by atoms with Crippen LogP contribution in [0, 0.1) is 0 Å². The maximum absolute atomic E-state index is 16.1. The first-order valence-corrected chi connectivity index (χ1v) is 18.6. The third-order valence-electron chi connectivity index (χ3n) is 10.1. The maximum atomic E-state index is 16.1. The zero-order valence-electron chi connectivity index (χ0n) is 27.0. The van der Waals surface area contributed by atoms with Gasteiger partial charge in [-0.3, -0.25) is 0 Å². The number of hydrogen-bond donors (Lipinski definition) is 0. The Labute approximate surface area is 289 Å². The van der Waals surface area contributed by atoms with Crippen molar-refractivity contribution in [2.75, 3.05) is 0 Å². The van der Waals surface area contributed by atoms with E-state index in [9.17, 15) is 0 Å². The highest BCUT2D eigenvalue weighted by molar-refractivity contribution is 7.85. The van der Waals surface area contributed by atoms with E-state index in [0.717, 1.165) is 76.0 Å². The summed E-state index contributed by atoms with van der Waals surface area (Å²) in [5.74, 6) is 0.691. The van der Waals surface area contributed by atoms with Crippen molar-refractivity contribution < 1.29 is 4.57 Å². The Morgan fingerprint density at radius 1 is 0.400 bits per heavy atom. The molecule has 9 aromatic carbocycles. The monoisotopic (exact) mass is 656 g/mol. The van der Waals surface area contributed by atoms with Crippen LogP contribution in [0.3, 0.4) is 0 Å². The summed E-state index contributed by atoms with van der Waals surface area (Å²) < 4.78 is 16.1. The number of fused-ring (bicyclic) bond motifs is 2. The molecule has 1 heterocycles. The highest BCUT2D eigenvalue weighted by Gasteiger charge is 2.33. The van der Waals surface area contributed by atoms with E-state index in [1.807, 2.05) is 60.7 Å². The Morgan fingerprint density at radius 3 is 1.50 bits per heavy atom. The normalized spacial score (nSPS) is 12.1. The minimum atomic E-state index is -3.35. The minimum absolute atomic E-state index is 0.691. The van der Waals surface area contributed by atoms with Crippen molar-refractivity contribution in [2.45, 2.75) is 0 Å². The lowest BCUT2D eigenvalue weighted by Gasteiger charge is -2.24. The van der Waals surface area contributed by atoms with Crippen molar-refractivity contribution in [3.05, 3.63) is 176 Å². The van der Waals surface area contributed by atoms with Crippen molar-refractivity contribution in [3.63, 3.8) is 0 Å². The fraction of sp³-hybridized carbons (Fsp3) is 0. The molecule has 0 saturated carbocycles. The standard InChI is InChI=1S/C46H29N2OP/c49-50(36-15-3-1-4-16-36,37-17-5-2-6-18-37)43-29-40(34-21-19-30-11-7-9-13-32(30)27-34)38-23-25-41-45-42(26-24-39(43)44(38)45)48-46(47-41)35-22-20-31-12-8-10-14-33(31)28-35/h1-29H. The minimum Gasteiger partial charge on any atom is -0.309 e.